The molecule has 0 unspecified atom stereocenters. The van der Waals surface area contributed by atoms with E-state index in [1.165, 1.54) is 6.26 Å². The number of anilines is 2. The van der Waals surface area contributed by atoms with Gasteiger partial charge in [-0.15, -0.1) is 0 Å². The number of carbonyl (C=O) groups is 2. The van der Waals surface area contributed by atoms with Gasteiger partial charge < -0.3 is 24.7 Å². The number of nitrogens with zero attached hydrogens (tertiary/aromatic N) is 2. The van der Waals surface area contributed by atoms with Crippen LogP contribution in [-0.4, -0.2) is 49.6 Å². The van der Waals surface area contributed by atoms with Gasteiger partial charge in [0.15, 0.2) is 5.76 Å². The number of morpholine rings is 1. The summed E-state index contributed by atoms with van der Waals surface area (Å²) in [4.78, 5) is 30.0. The molecule has 2 N–H and O–H groups in total. The molecule has 0 aromatic carbocycles. The lowest BCUT2D eigenvalue weighted by Crippen LogP contribution is -2.36. The van der Waals surface area contributed by atoms with Crippen LogP contribution in [0, 0.1) is 0 Å². The number of aromatic nitrogens is 1. The molecule has 8 heteroatoms. The van der Waals surface area contributed by atoms with Crippen LogP contribution in [0.5, 0.6) is 0 Å². The van der Waals surface area contributed by atoms with Crippen LogP contribution in [0.2, 0.25) is 0 Å². The van der Waals surface area contributed by atoms with Crippen molar-refractivity contribution in [2.75, 3.05) is 43.1 Å². The SMILES string of the molecule is O=C(CCNC(=O)c1ccco1)Nc1ccc(N2CCOCC2)cn1. The van der Waals surface area contributed by atoms with E-state index in [1.54, 1.807) is 24.4 Å². The highest BCUT2D eigenvalue weighted by molar-refractivity contribution is 5.93. The summed E-state index contributed by atoms with van der Waals surface area (Å²) in [7, 11) is 0. The summed E-state index contributed by atoms with van der Waals surface area (Å²) in [5.74, 6) is 0.150. The van der Waals surface area contributed by atoms with E-state index in [0.717, 1.165) is 18.8 Å². The second kappa shape index (κ2) is 8.29. The van der Waals surface area contributed by atoms with Gasteiger partial charge in [-0.05, 0) is 24.3 Å². The summed E-state index contributed by atoms with van der Waals surface area (Å²) in [5, 5.41) is 5.33. The lowest BCUT2D eigenvalue weighted by atomic mass is 10.3. The first-order valence-electron chi connectivity index (χ1n) is 8.13. The number of pyridine rings is 1. The average Bonchev–Trinajstić information content (AvgIpc) is 3.18. The zero-order chi connectivity index (χ0) is 17.5. The number of furan rings is 1. The van der Waals surface area contributed by atoms with Crippen molar-refractivity contribution in [3.8, 4) is 0 Å². The lowest BCUT2D eigenvalue weighted by molar-refractivity contribution is -0.116. The molecule has 1 aliphatic rings. The van der Waals surface area contributed by atoms with Gasteiger partial charge in [-0.2, -0.15) is 0 Å². The number of nitrogens with one attached hydrogen (secondary N) is 2. The number of amides is 2. The number of rotatable bonds is 6. The molecule has 2 aromatic heterocycles. The van der Waals surface area contributed by atoms with Gasteiger partial charge in [0.1, 0.15) is 5.82 Å². The van der Waals surface area contributed by atoms with E-state index in [4.69, 9.17) is 9.15 Å². The third-order valence-corrected chi connectivity index (χ3v) is 3.77. The number of carbonyl (C=O) groups excluding carboxylic acids is 2. The molecule has 3 heterocycles. The van der Waals surface area contributed by atoms with Crippen molar-refractivity contribution in [2.45, 2.75) is 6.42 Å². The van der Waals surface area contributed by atoms with Crippen LogP contribution in [0.4, 0.5) is 11.5 Å². The van der Waals surface area contributed by atoms with Gasteiger partial charge >= 0.3 is 0 Å². The van der Waals surface area contributed by atoms with Crippen LogP contribution in [0.15, 0.2) is 41.1 Å². The molecule has 25 heavy (non-hydrogen) atoms. The van der Waals surface area contributed by atoms with Crippen LogP contribution in [-0.2, 0) is 9.53 Å². The summed E-state index contributed by atoms with van der Waals surface area (Å²) < 4.78 is 10.3. The Bertz CT molecular complexity index is 694. The van der Waals surface area contributed by atoms with Gasteiger partial charge in [-0.25, -0.2) is 4.98 Å². The predicted octanol–water partition coefficient (Wildman–Crippen LogP) is 1.27. The highest BCUT2D eigenvalue weighted by Gasteiger charge is 2.12. The Morgan fingerprint density at radius 2 is 2.04 bits per heavy atom. The van der Waals surface area contributed by atoms with E-state index in [-0.39, 0.29) is 30.5 Å². The van der Waals surface area contributed by atoms with Crippen LogP contribution in [0.3, 0.4) is 0 Å². The maximum absolute atomic E-state index is 11.9. The number of hydrogen-bond donors (Lipinski definition) is 2. The van der Waals surface area contributed by atoms with Gasteiger partial charge in [-0.1, -0.05) is 0 Å². The Morgan fingerprint density at radius 3 is 2.72 bits per heavy atom. The summed E-state index contributed by atoms with van der Waals surface area (Å²) in [5.41, 5.74) is 1.01. The van der Waals surface area contributed by atoms with E-state index in [0.29, 0.717) is 19.0 Å². The molecule has 0 bridgehead atoms. The Kier molecular flexibility index (Phi) is 5.63. The van der Waals surface area contributed by atoms with E-state index in [9.17, 15) is 9.59 Å². The summed E-state index contributed by atoms with van der Waals surface area (Å²) >= 11 is 0. The first kappa shape index (κ1) is 17.0. The van der Waals surface area contributed by atoms with E-state index in [2.05, 4.69) is 20.5 Å². The average molecular weight is 344 g/mol. The molecule has 0 spiro atoms. The molecule has 1 aliphatic heterocycles. The molecule has 132 valence electrons. The Labute approximate surface area is 145 Å². The molecule has 0 aliphatic carbocycles. The molecule has 8 nitrogen and oxygen atoms in total. The summed E-state index contributed by atoms with van der Waals surface area (Å²) in [6.45, 7) is 3.31. The summed E-state index contributed by atoms with van der Waals surface area (Å²) in [6, 6.07) is 6.89. The van der Waals surface area contributed by atoms with Gasteiger partial charge in [0.25, 0.3) is 5.91 Å². The molecular weight excluding hydrogens is 324 g/mol. The van der Waals surface area contributed by atoms with Gasteiger partial charge in [0.05, 0.1) is 31.4 Å². The minimum absolute atomic E-state index is 0.152. The fourth-order valence-corrected chi connectivity index (χ4v) is 2.46. The second-order valence-corrected chi connectivity index (χ2v) is 5.53. The zero-order valence-electron chi connectivity index (χ0n) is 13.7. The standard InChI is InChI=1S/C17H20N4O4/c22-16(5-6-18-17(23)14-2-1-9-25-14)20-15-4-3-13(12-19-15)21-7-10-24-11-8-21/h1-4,9,12H,5-8,10-11H2,(H,18,23)(H,19,20,22). The van der Waals surface area contributed by atoms with Gasteiger partial charge in [0.2, 0.25) is 5.91 Å². The van der Waals surface area contributed by atoms with E-state index in [1.807, 2.05) is 6.07 Å². The Morgan fingerprint density at radius 1 is 1.20 bits per heavy atom. The molecule has 2 amide bonds. The van der Waals surface area contributed by atoms with Crippen molar-refractivity contribution >= 4 is 23.3 Å². The molecule has 0 atom stereocenters. The van der Waals surface area contributed by atoms with Gasteiger partial charge in [-0.3, -0.25) is 9.59 Å². The summed E-state index contributed by atoms with van der Waals surface area (Å²) in [6.07, 6.45) is 3.31. The quantitative estimate of drug-likeness (QED) is 0.819. The molecule has 1 saturated heterocycles. The van der Waals surface area contributed by atoms with Crippen molar-refractivity contribution in [3.05, 3.63) is 42.5 Å². The highest BCUT2D eigenvalue weighted by Crippen LogP contribution is 2.16. The predicted molar refractivity (Wildman–Crippen MR) is 91.6 cm³/mol. The topological polar surface area (TPSA) is 96.7 Å². The minimum Gasteiger partial charge on any atom is -0.459 e. The first-order valence-corrected chi connectivity index (χ1v) is 8.13. The van der Waals surface area contributed by atoms with Crippen molar-refractivity contribution in [2.24, 2.45) is 0 Å². The van der Waals surface area contributed by atoms with Crippen LogP contribution in [0.1, 0.15) is 17.0 Å². The van der Waals surface area contributed by atoms with E-state index >= 15 is 0 Å². The maximum Gasteiger partial charge on any atom is 0.286 e. The normalized spacial score (nSPS) is 14.2. The van der Waals surface area contributed by atoms with E-state index < -0.39 is 0 Å². The molecule has 2 aromatic rings. The largest absolute Gasteiger partial charge is 0.459 e. The Balaban J connectivity index is 1.42. The van der Waals surface area contributed by atoms with Crippen LogP contribution >= 0.6 is 0 Å². The smallest absolute Gasteiger partial charge is 0.286 e. The third-order valence-electron chi connectivity index (χ3n) is 3.77. The monoisotopic (exact) mass is 344 g/mol. The second-order valence-electron chi connectivity index (χ2n) is 5.53. The third kappa shape index (κ3) is 4.80. The number of hydrogen-bond acceptors (Lipinski definition) is 6. The number of ether oxygens (including phenoxy) is 1. The fourth-order valence-electron chi connectivity index (χ4n) is 2.46. The zero-order valence-corrected chi connectivity index (χ0v) is 13.7. The van der Waals surface area contributed by atoms with Crippen molar-refractivity contribution in [3.63, 3.8) is 0 Å². The molecule has 3 rings (SSSR count). The molecular formula is C17H20N4O4. The lowest BCUT2D eigenvalue weighted by Gasteiger charge is -2.28. The van der Waals surface area contributed by atoms with Crippen LogP contribution in [0.25, 0.3) is 0 Å². The maximum atomic E-state index is 11.9. The van der Waals surface area contributed by atoms with Crippen molar-refractivity contribution in [1.29, 1.82) is 0 Å². The van der Waals surface area contributed by atoms with Crippen molar-refractivity contribution < 1.29 is 18.7 Å². The molecule has 0 saturated carbocycles. The molecule has 1 fully saturated rings. The minimum atomic E-state index is -0.342. The highest BCUT2D eigenvalue weighted by atomic mass is 16.5. The van der Waals surface area contributed by atoms with Crippen molar-refractivity contribution in [1.82, 2.24) is 10.3 Å². The van der Waals surface area contributed by atoms with Crippen LogP contribution < -0.4 is 15.5 Å². The molecule has 0 radical (unpaired) electrons. The first-order chi connectivity index (χ1) is 12.2. The Hall–Kier alpha value is -2.87. The fraction of sp³-hybridized carbons (Fsp3) is 0.353. The van der Waals surface area contributed by atoms with Gasteiger partial charge in [0, 0.05) is 26.1 Å².